The van der Waals surface area contributed by atoms with E-state index < -0.39 is 0 Å². The summed E-state index contributed by atoms with van der Waals surface area (Å²) in [4.78, 5) is 6.54. The summed E-state index contributed by atoms with van der Waals surface area (Å²) in [6.07, 6.45) is 1.01. The van der Waals surface area contributed by atoms with Crippen molar-refractivity contribution in [2.24, 2.45) is 0 Å². The van der Waals surface area contributed by atoms with E-state index in [4.69, 9.17) is 12.2 Å². The molecule has 1 aromatic heterocycles. The third kappa shape index (κ3) is 4.41. The molecule has 4 nitrogen and oxygen atoms in total. The van der Waals surface area contributed by atoms with Crippen molar-refractivity contribution in [3.8, 4) is 11.4 Å². The van der Waals surface area contributed by atoms with Crippen molar-refractivity contribution >= 4 is 12.2 Å². The Labute approximate surface area is 151 Å². The van der Waals surface area contributed by atoms with Crippen molar-refractivity contribution in [1.29, 1.82) is 0 Å². The van der Waals surface area contributed by atoms with Crippen LogP contribution in [-0.2, 0) is 19.6 Å². The predicted molar refractivity (Wildman–Crippen MR) is 100 cm³/mol. The van der Waals surface area contributed by atoms with Crippen molar-refractivity contribution in [3.05, 3.63) is 70.2 Å². The van der Waals surface area contributed by atoms with Crippen LogP contribution in [-0.4, -0.2) is 26.7 Å². The molecule has 0 saturated heterocycles. The number of hydrogen-bond acceptors (Lipinski definition) is 3. The topological polar surface area (TPSA) is 36.9 Å². The molecule has 0 aliphatic rings. The second-order valence-corrected chi connectivity index (χ2v) is 6.48. The van der Waals surface area contributed by atoms with E-state index in [9.17, 15) is 4.39 Å². The lowest BCUT2D eigenvalue weighted by Crippen LogP contribution is -2.22. The molecule has 0 saturated carbocycles. The number of rotatable bonds is 6. The van der Waals surface area contributed by atoms with E-state index in [0.717, 1.165) is 23.4 Å². The molecule has 1 heterocycles. The average Bonchev–Trinajstić information content (AvgIpc) is 2.97. The monoisotopic (exact) mass is 356 g/mol. The number of aromatic nitrogens is 3. The van der Waals surface area contributed by atoms with Gasteiger partial charge in [-0.25, -0.2) is 9.07 Å². The van der Waals surface area contributed by atoms with Gasteiger partial charge in [0.2, 0.25) is 4.77 Å². The van der Waals surface area contributed by atoms with Gasteiger partial charge in [-0.15, -0.1) is 0 Å². The highest BCUT2D eigenvalue weighted by molar-refractivity contribution is 7.71. The van der Waals surface area contributed by atoms with Crippen LogP contribution in [0.1, 0.15) is 18.1 Å². The van der Waals surface area contributed by atoms with E-state index in [0.29, 0.717) is 18.0 Å². The molecule has 0 spiro atoms. The average molecular weight is 356 g/mol. The molecule has 25 heavy (non-hydrogen) atoms. The summed E-state index contributed by atoms with van der Waals surface area (Å²) in [5, 5.41) is 3.26. The largest absolute Gasteiger partial charge is 0.283 e. The van der Waals surface area contributed by atoms with Gasteiger partial charge >= 0.3 is 0 Å². The lowest BCUT2D eigenvalue weighted by molar-refractivity contribution is 0.244. The Balaban J connectivity index is 1.71. The first-order valence-electron chi connectivity index (χ1n) is 8.24. The number of nitrogens with one attached hydrogen (secondary N) is 1. The van der Waals surface area contributed by atoms with Crippen LogP contribution in [0.4, 0.5) is 4.39 Å². The van der Waals surface area contributed by atoms with Crippen LogP contribution >= 0.6 is 12.2 Å². The third-order valence-electron chi connectivity index (χ3n) is 4.06. The van der Waals surface area contributed by atoms with Gasteiger partial charge < -0.3 is 0 Å². The Morgan fingerprint density at radius 3 is 2.36 bits per heavy atom. The third-order valence-corrected chi connectivity index (χ3v) is 4.38. The van der Waals surface area contributed by atoms with Crippen molar-refractivity contribution in [2.45, 2.75) is 26.6 Å². The fraction of sp³-hybridized carbons (Fsp3) is 0.263. The Kier molecular flexibility index (Phi) is 5.40. The maximum Gasteiger partial charge on any atom is 0.217 e. The zero-order valence-corrected chi connectivity index (χ0v) is 15.2. The molecular formula is C19H21FN4S. The minimum atomic E-state index is -0.221. The summed E-state index contributed by atoms with van der Waals surface area (Å²) in [5.74, 6) is 0.545. The van der Waals surface area contributed by atoms with Crippen LogP contribution < -0.4 is 0 Å². The van der Waals surface area contributed by atoms with Crippen LogP contribution in [0.15, 0.2) is 48.5 Å². The number of benzene rings is 2. The van der Waals surface area contributed by atoms with Gasteiger partial charge in [0.25, 0.3) is 0 Å². The molecule has 0 unspecified atom stereocenters. The van der Waals surface area contributed by atoms with Crippen LogP contribution in [0.25, 0.3) is 11.4 Å². The quantitative estimate of drug-likeness (QED) is 0.665. The van der Waals surface area contributed by atoms with Gasteiger partial charge in [0.1, 0.15) is 5.82 Å². The van der Waals surface area contributed by atoms with Crippen LogP contribution in [0.2, 0.25) is 0 Å². The summed E-state index contributed by atoms with van der Waals surface area (Å²) >= 11 is 5.37. The van der Waals surface area contributed by atoms with E-state index in [-0.39, 0.29) is 5.82 Å². The summed E-state index contributed by atoms with van der Waals surface area (Å²) in [5.41, 5.74) is 3.36. The fourth-order valence-corrected chi connectivity index (χ4v) is 2.87. The molecule has 3 aromatic rings. The van der Waals surface area contributed by atoms with Crippen molar-refractivity contribution < 1.29 is 4.39 Å². The highest BCUT2D eigenvalue weighted by atomic mass is 32.1. The van der Waals surface area contributed by atoms with Crippen LogP contribution in [0, 0.1) is 10.6 Å². The number of H-pyrrole nitrogens is 1. The Hall–Kier alpha value is -2.31. The van der Waals surface area contributed by atoms with Gasteiger partial charge in [0, 0.05) is 12.1 Å². The molecule has 0 fully saturated rings. The smallest absolute Gasteiger partial charge is 0.217 e. The number of halogens is 1. The van der Waals surface area contributed by atoms with E-state index >= 15 is 0 Å². The maximum atomic E-state index is 13.0. The Morgan fingerprint density at radius 1 is 1.08 bits per heavy atom. The molecule has 0 atom stereocenters. The summed E-state index contributed by atoms with van der Waals surface area (Å²) in [6.45, 7) is 3.41. The van der Waals surface area contributed by atoms with Gasteiger partial charge in [0.05, 0.1) is 6.67 Å². The first kappa shape index (κ1) is 17.5. The summed E-state index contributed by atoms with van der Waals surface area (Å²) in [7, 11) is 1.99. The summed E-state index contributed by atoms with van der Waals surface area (Å²) in [6, 6.07) is 14.8. The second kappa shape index (κ2) is 7.72. The number of hydrogen-bond donors (Lipinski definition) is 1. The molecule has 0 aliphatic heterocycles. The first-order valence-corrected chi connectivity index (χ1v) is 8.65. The molecule has 130 valence electrons. The minimum absolute atomic E-state index is 0.221. The number of aromatic amines is 1. The van der Waals surface area contributed by atoms with Gasteiger partial charge in [-0.05, 0) is 48.9 Å². The predicted octanol–water partition coefficient (Wildman–Crippen LogP) is 4.40. The van der Waals surface area contributed by atoms with Crippen molar-refractivity contribution in [1.82, 2.24) is 19.7 Å². The van der Waals surface area contributed by atoms with Crippen molar-refractivity contribution in [2.75, 3.05) is 7.05 Å². The molecule has 0 amide bonds. The maximum absolute atomic E-state index is 13.0. The molecule has 1 N–H and O–H groups in total. The Bertz CT molecular complexity index is 881. The molecule has 0 bridgehead atoms. The van der Waals surface area contributed by atoms with Gasteiger partial charge in [-0.3, -0.25) is 10.00 Å². The van der Waals surface area contributed by atoms with E-state index in [1.807, 2.05) is 11.7 Å². The zero-order chi connectivity index (χ0) is 17.8. The van der Waals surface area contributed by atoms with E-state index in [1.165, 1.54) is 17.7 Å². The standard InChI is InChI=1S/C19H21FN4S/c1-3-14-4-8-16(9-5-14)18-21-19(25)24(22-18)13-23(2)12-15-6-10-17(20)11-7-15/h4-11H,3,12-13H2,1-2H3,(H,21,22,25). The normalized spacial score (nSPS) is 11.2. The SMILES string of the molecule is CCc1ccc(-c2nc(=S)n(CN(C)Cc3ccc(F)cc3)[nH]2)cc1. The molecule has 6 heteroatoms. The van der Waals surface area contributed by atoms with Crippen LogP contribution in [0.5, 0.6) is 0 Å². The van der Waals surface area contributed by atoms with Crippen molar-refractivity contribution in [3.63, 3.8) is 0 Å². The molecule has 2 aromatic carbocycles. The minimum Gasteiger partial charge on any atom is -0.283 e. The summed E-state index contributed by atoms with van der Waals surface area (Å²) < 4.78 is 15.3. The zero-order valence-electron chi connectivity index (χ0n) is 14.4. The first-order chi connectivity index (χ1) is 12.0. The lowest BCUT2D eigenvalue weighted by atomic mass is 10.1. The van der Waals surface area contributed by atoms with E-state index in [2.05, 4.69) is 46.2 Å². The van der Waals surface area contributed by atoms with Gasteiger partial charge in [-0.1, -0.05) is 43.3 Å². The number of aryl methyl sites for hydroxylation is 1. The highest BCUT2D eigenvalue weighted by Crippen LogP contribution is 2.16. The van der Waals surface area contributed by atoms with E-state index in [1.54, 1.807) is 12.1 Å². The molecule has 0 aliphatic carbocycles. The number of nitrogens with zero attached hydrogens (tertiary/aromatic N) is 3. The molecule has 3 rings (SSSR count). The van der Waals surface area contributed by atoms with Crippen LogP contribution in [0.3, 0.4) is 0 Å². The Morgan fingerprint density at radius 2 is 1.72 bits per heavy atom. The van der Waals surface area contributed by atoms with Gasteiger partial charge in [0.15, 0.2) is 5.82 Å². The molecular weight excluding hydrogens is 335 g/mol. The molecule has 0 radical (unpaired) electrons. The lowest BCUT2D eigenvalue weighted by Gasteiger charge is -2.16. The second-order valence-electron chi connectivity index (χ2n) is 6.12. The highest BCUT2D eigenvalue weighted by Gasteiger charge is 2.08. The fourth-order valence-electron chi connectivity index (χ4n) is 2.67. The van der Waals surface area contributed by atoms with Gasteiger partial charge in [-0.2, -0.15) is 4.98 Å².